The van der Waals surface area contributed by atoms with E-state index in [1.54, 1.807) is 7.05 Å². The van der Waals surface area contributed by atoms with Crippen LogP contribution in [0.1, 0.15) is 20.8 Å². The van der Waals surface area contributed by atoms with Crippen molar-refractivity contribution in [2.24, 2.45) is 0 Å². The number of anilines is 1. The van der Waals surface area contributed by atoms with Crippen molar-refractivity contribution in [1.29, 1.82) is 0 Å². The molecule has 1 rings (SSSR count). The highest BCUT2D eigenvalue weighted by molar-refractivity contribution is 8.00. The first-order valence-electron chi connectivity index (χ1n) is 5.78. The molecule has 0 atom stereocenters. The van der Waals surface area contributed by atoms with E-state index in [4.69, 9.17) is 9.47 Å². The van der Waals surface area contributed by atoms with Crippen LogP contribution in [-0.2, 0) is 9.53 Å². The van der Waals surface area contributed by atoms with Gasteiger partial charge < -0.3 is 14.8 Å². The molecular weight excluding hydrogens is 266 g/mol. The van der Waals surface area contributed by atoms with Gasteiger partial charge in [0.15, 0.2) is 11.6 Å². The van der Waals surface area contributed by atoms with Crippen molar-refractivity contribution in [3.05, 3.63) is 6.33 Å². The monoisotopic (exact) mass is 285 g/mol. The van der Waals surface area contributed by atoms with Crippen molar-refractivity contribution >= 4 is 23.5 Å². The Balaban J connectivity index is 2.70. The van der Waals surface area contributed by atoms with Crippen molar-refractivity contribution in [2.45, 2.75) is 31.4 Å². The van der Waals surface area contributed by atoms with Crippen LogP contribution >= 0.6 is 11.8 Å². The fraction of sp³-hybridized carbons (Fsp3) is 0.583. The lowest BCUT2D eigenvalue weighted by molar-refractivity contribution is -0.151. The third-order valence-electron chi connectivity index (χ3n) is 1.96. The van der Waals surface area contributed by atoms with E-state index in [1.165, 1.54) is 25.2 Å². The number of nitrogens with zero attached hydrogens (tertiary/aromatic N) is 2. The maximum atomic E-state index is 11.6. The van der Waals surface area contributed by atoms with Gasteiger partial charge in [-0.3, -0.25) is 4.79 Å². The van der Waals surface area contributed by atoms with E-state index in [0.717, 1.165) is 0 Å². The number of aromatic nitrogens is 2. The van der Waals surface area contributed by atoms with Crippen molar-refractivity contribution in [3.63, 3.8) is 0 Å². The predicted octanol–water partition coefficient (Wildman–Crippen LogP) is 1.96. The van der Waals surface area contributed by atoms with E-state index in [0.29, 0.717) is 16.6 Å². The van der Waals surface area contributed by atoms with Crippen LogP contribution in [0.2, 0.25) is 0 Å². The number of methoxy groups -OCH3 is 1. The summed E-state index contributed by atoms with van der Waals surface area (Å²) in [6.45, 7) is 5.50. The summed E-state index contributed by atoms with van der Waals surface area (Å²) < 4.78 is 10.5. The maximum absolute atomic E-state index is 11.6. The molecule has 7 heteroatoms. The second-order valence-corrected chi connectivity index (χ2v) is 5.65. The third kappa shape index (κ3) is 4.94. The number of rotatable bonds is 5. The number of ether oxygens (including phenoxy) is 2. The molecule has 106 valence electrons. The van der Waals surface area contributed by atoms with E-state index in [1.807, 2.05) is 20.8 Å². The minimum Gasteiger partial charge on any atom is -0.490 e. The largest absolute Gasteiger partial charge is 0.490 e. The summed E-state index contributed by atoms with van der Waals surface area (Å²) in [6.07, 6.45) is 1.42. The molecule has 0 fully saturated rings. The molecule has 1 N–H and O–H groups in total. The SMILES string of the molecule is CNc1ncnc(SCC(=O)OC(C)(C)C)c1OC. The second-order valence-electron chi connectivity index (χ2n) is 4.69. The number of hydrogen-bond donors (Lipinski definition) is 1. The molecule has 0 aromatic carbocycles. The lowest BCUT2D eigenvalue weighted by Crippen LogP contribution is -2.24. The Kier molecular flexibility index (Phi) is 5.41. The highest BCUT2D eigenvalue weighted by Gasteiger charge is 2.18. The third-order valence-corrected chi connectivity index (χ3v) is 2.90. The molecule has 1 heterocycles. The lowest BCUT2D eigenvalue weighted by atomic mass is 10.2. The van der Waals surface area contributed by atoms with Crippen molar-refractivity contribution < 1.29 is 14.3 Å². The van der Waals surface area contributed by atoms with Crippen molar-refractivity contribution in [2.75, 3.05) is 25.2 Å². The van der Waals surface area contributed by atoms with E-state index >= 15 is 0 Å². The molecule has 0 saturated carbocycles. The summed E-state index contributed by atoms with van der Waals surface area (Å²) >= 11 is 1.26. The second kappa shape index (κ2) is 6.60. The zero-order chi connectivity index (χ0) is 14.5. The fourth-order valence-corrected chi connectivity index (χ4v) is 2.07. The molecule has 0 aliphatic heterocycles. The first kappa shape index (κ1) is 15.6. The number of hydrogen-bond acceptors (Lipinski definition) is 7. The number of nitrogens with one attached hydrogen (secondary N) is 1. The minimum absolute atomic E-state index is 0.174. The molecule has 6 nitrogen and oxygen atoms in total. The molecule has 0 spiro atoms. The zero-order valence-corrected chi connectivity index (χ0v) is 12.6. The molecule has 0 aliphatic rings. The summed E-state index contributed by atoms with van der Waals surface area (Å²) in [5.41, 5.74) is -0.483. The molecule has 0 amide bonds. The van der Waals surface area contributed by atoms with E-state index in [9.17, 15) is 4.79 Å². The summed E-state index contributed by atoms with van der Waals surface area (Å²) in [6, 6.07) is 0. The number of esters is 1. The lowest BCUT2D eigenvalue weighted by Gasteiger charge is -2.19. The Bertz CT molecular complexity index is 446. The van der Waals surface area contributed by atoms with E-state index in [2.05, 4.69) is 15.3 Å². The van der Waals surface area contributed by atoms with Crippen LogP contribution in [-0.4, -0.2) is 41.4 Å². The summed E-state index contributed by atoms with van der Waals surface area (Å²) in [4.78, 5) is 19.8. The quantitative estimate of drug-likeness (QED) is 0.503. The first-order chi connectivity index (χ1) is 8.87. The molecule has 1 aromatic rings. The van der Waals surface area contributed by atoms with Crippen molar-refractivity contribution in [1.82, 2.24) is 9.97 Å². The maximum Gasteiger partial charge on any atom is 0.316 e. The van der Waals surface area contributed by atoms with Crippen LogP contribution in [0.4, 0.5) is 5.82 Å². The molecule has 19 heavy (non-hydrogen) atoms. The van der Waals surface area contributed by atoms with E-state index < -0.39 is 5.60 Å². The van der Waals surface area contributed by atoms with Gasteiger partial charge in [-0.05, 0) is 20.8 Å². The fourth-order valence-electron chi connectivity index (χ4n) is 1.32. The Morgan fingerprint density at radius 3 is 2.63 bits per heavy atom. The highest BCUT2D eigenvalue weighted by atomic mass is 32.2. The molecular formula is C12H19N3O3S. The van der Waals surface area contributed by atoms with E-state index in [-0.39, 0.29) is 11.7 Å². The van der Waals surface area contributed by atoms with Gasteiger partial charge in [-0.25, -0.2) is 9.97 Å². The van der Waals surface area contributed by atoms with Crippen LogP contribution in [0, 0.1) is 0 Å². The average molecular weight is 285 g/mol. The molecule has 1 aromatic heterocycles. The Morgan fingerprint density at radius 2 is 2.11 bits per heavy atom. The zero-order valence-electron chi connectivity index (χ0n) is 11.8. The molecule has 0 aliphatic carbocycles. The number of carbonyl (C=O) groups is 1. The van der Waals surface area contributed by atoms with Crippen LogP contribution in [0.5, 0.6) is 5.75 Å². The highest BCUT2D eigenvalue weighted by Crippen LogP contribution is 2.32. The van der Waals surface area contributed by atoms with Gasteiger partial charge in [-0.15, -0.1) is 0 Å². The first-order valence-corrected chi connectivity index (χ1v) is 6.77. The minimum atomic E-state index is -0.483. The number of carbonyl (C=O) groups excluding carboxylic acids is 1. The summed E-state index contributed by atoms with van der Waals surface area (Å²) in [7, 11) is 3.28. The van der Waals surface area contributed by atoms with Crippen molar-refractivity contribution in [3.8, 4) is 5.75 Å². The molecule has 0 bridgehead atoms. The van der Waals surface area contributed by atoms with Gasteiger partial charge in [-0.2, -0.15) is 0 Å². The van der Waals surface area contributed by atoms with Gasteiger partial charge in [0.2, 0.25) is 0 Å². The molecule has 0 saturated heterocycles. The summed E-state index contributed by atoms with van der Waals surface area (Å²) in [5.74, 6) is 1.00. The molecule has 0 unspecified atom stereocenters. The predicted molar refractivity (Wildman–Crippen MR) is 74.7 cm³/mol. The van der Waals surface area contributed by atoms with Gasteiger partial charge >= 0.3 is 5.97 Å². The van der Waals surface area contributed by atoms with Crippen LogP contribution in [0.25, 0.3) is 0 Å². The Hall–Kier alpha value is -1.50. The van der Waals surface area contributed by atoms with Gasteiger partial charge in [0.05, 0.1) is 12.9 Å². The summed E-state index contributed by atoms with van der Waals surface area (Å²) in [5, 5.41) is 3.51. The Morgan fingerprint density at radius 1 is 1.42 bits per heavy atom. The normalized spacial score (nSPS) is 11.0. The van der Waals surface area contributed by atoms with Crippen LogP contribution in [0.15, 0.2) is 11.4 Å². The standard InChI is InChI=1S/C12H19N3O3S/c1-12(2,3)18-8(16)6-19-11-9(17-5)10(13-4)14-7-15-11/h7H,6H2,1-5H3,(H,13,14,15). The van der Waals surface area contributed by atoms with Gasteiger partial charge in [0, 0.05) is 7.05 Å². The van der Waals surface area contributed by atoms with Crippen LogP contribution < -0.4 is 10.1 Å². The average Bonchev–Trinajstić information content (AvgIpc) is 2.33. The van der Waals surface area contributed by atoms with Gasteiger partial charge in [0.1, 0.15) is 17.0 Å². The smallest absolute Gasteiger partial charge is 0.316 e. The number of thioether (sulfide) groups is 1. The van der Waals surface area contributed by atoms with Gasteiger partial charge in [0.25, 0.3) is 0 Å². The topological polar surface area (TPSA) is 73.3 Å². The van der Waals surface area contributed by atoms with Crippen LogP contribution in [0.3, 0.4) is 0 Å². The van der Waals surface area contributed by atoms with Gasteiger partial charge in [-0.1, -0.05) is 11.8 Å². The Labute approximate surface area is 117 Å². The molecule has 0 radical (unpaired) electrons.